The van der Waals surface area contributed by atoms with Gasteiger partial charge in [-0.15, -0.1) is 0 Å². The number of benzene rings is 1. The van der Waals surface area contributed by atoms with Crippen molar-refractivity contribution in [1.82, 2.24) is 15.5 Å². The van der Waals surface area contributed by atoms with Gasteiger partial charge >= 0.3 is 0 Å². The van der Waals surface area contributed by atoms with Crippen LogP contribution in [0, 0.1) is 0 Å². The monoisotopic (exact) mass is 331 g/mol. The third kappa shape index (κ3) is 4.18. The summed E-state index contributed by atoms with van der Waals surface area (Å²) in [5, 5.41) is 5.34. The summed E-state index contributed by atoms with van der Waals surface area (Å²) >= 11 is 0. The smallest absolute Gasteiger partial charge is 0.261 e. The van der Waals surface area contributed by atoms with Crippen LogP contribution in [-0.4, -0.2) is 48.2 Å². The quantitative estimate of drug-likeness (QED) is 0.541. The molecular formula is C17H21N3O4. The predicted octanol–water partition coefficient (Wildman–Crippen LogP) is 0.705. The summed E-state index contributed by atoms with van der Waals surface area (Å²) in [4.78, 5) is 48.4. The Morgan fingerprint density at radius 1 is 0.917 bits per heavy atom. The van der Waals surface area contributed by atoms with E-state index in [0.717, 1.165) is 11.3 Å². The number of amides is 4. The molecule has 24 heavy (non-hydrogen) atoms. The van der Waals surface area contributed by atoms with Gasteiger partial charge in [-0.1, -0.05) is 19.1 Å². The molecule has 0 saturated heterocycles. The number of carbonyl (C=O) groups is 4. The Kier molecular flexibility index (Phi) is 6.06. The van der Waals surface area contributed by atoms with Crippen molar-refractivity contribution in [1.29, 1.82) is 0 Å². The Hall–Kier alpha value is -2.70. The number of nitrogens with zero attached hydrogens (tertiary/aromatic N) is 1. The molecule has 1 aromatic carbocycles. The van der Waals surface area contributed by atoms with Gasteiger partial charge in [0, 0.05) is 32.5 Å². The van der Waals surface area contributed by atoms with Gasteiger partial charge in [0.2, 0.25) is 11.8 Å². The molecule has 4 amide bonds. The molecule has 2 rings (SSSR count). The third-order valence-corrected chi connectivity index (χ3v) is 3.69. The van der Waals surface area contributed by atoms with Crippen molar-refractivity contribution < 1.29 is 19.2 Å². The maximum atomic E-state index is 12.1. The van der Waals surface area contributed by atoms with E-state index in [4.69, 9.17) is 0 Å². The Labute approximate surface area is 140 Å². The first kappa shape index (κ1) is 17.7. The van der Waals surface area contributed by atoms with Crippen molar-refractivity contribution in [2.75, 3.05) is 19.6 Å². The van der Waals surface area contributed by atoms with Crippen molar-refractivity contribution >= 4 is 23.6 Å². The number of rotatable bonds is 8. The zero-order chi connectivity index (χ0) is 17.5. The standard InChI is InChI=1S/C17H21N3O4/c1-2-5-14(21)18-9-10-19-15(22)8-11-20-16(23)12-6-3-4-7-13(12)17(20)24/h3-4,6-7H,2,5,8-11H2,1H3,(H,18,21)(H,19,22). The minimum absolute atomic E-state index is 0.0361. The van der Waals surface area contributed by atoms with Gasteiger partial charge in [0.05, 0.1) is 11.1 Å². The topological polar surface area (TPSA) is 95.6 Å². The maximum Gasteiger partial charge on any atom is 0.261 e. The Balaban J connectivity index is 1.72. The second-order valence-corrected chi connectivity index (χ2v) is 5.51. The highest BCUT2D eigenvalue weighted by Gasteiger charge is 2.34. The Morgan fingerprint density at radius 3 is 1.92 bits per heavy atom. The van der Waals surface area contributed by atoms with E-state index in [1.165, 1.54) is 0 Å². The van der Waals surface area contributed by atoms with Gasteiger partial charge in [0.1, 0.15) is 0 Å². The average Bonchev–Trinajstić information content (AvgIpc) is 2.82. The van der Waals surface area contributed by atoms with Crippen LogP contribution in [0.5, 0.6) is 0 Å². The first-order chi connectivity index (χ1) is 11.5. The fourth-order valence-electron chi connectivity index (χ4n) is 2.46. The van der Waals surface area contributed by atoms with Crippen LogP contribution in [0.3, 0.4) is 0 Å². The highest BCUT2D eigenvalue weighted by Crippen LogP contribution is 2.22. The molecule has 0 radical (unpaired) electrons. The van der Waals surface area contributed by atoms with Gasteiger partial charge in [-0.3, -0.25) is 24.1 Å². The number of carbonyl (C=O) groups excluding carboxylic acids is 4. The molecule has 0 aliphatic carbocycles. The van der Waals surface area contributed by atoms with Gasteiger partial charge in [0.25, 0.3) is 11.8 Å². The molecule has 2 N–H and O–H groups in total. The molecule has 0 fully saturated rings. The maximum absolute atomic E-state index is 12.1. The van der Waals surface area contributed by atoms with Crippen molar-refractivity contribution in [2.24, 2.45) is 0 Å². The van der Waals surface area contributed by atoms with E-state index in [2.05, 4.69) is 10.6 Å². The normalized spacial score (nSPS) is 13.0. The van der Waals surface area contributed by atoms with E-state index in [9.17, 15) is 19.2 Å². The highest BCUT2D eigenvalue weighted by molar-refractivity contribution is 6.21. The van der Waals surface area contributed by atoms with Crippen LogP contribution in [0.4, 0.5) is 0 Å². The second kappa shape index (κ2) is 8.24. The molecule has 0 saturated carbocycles. The molecule has 1 heterocycles. The molecule has 7 nitrogen and oxygen atoms in total. The fourth-order valence-corrected chi connectivity index (χ4v) is 2.46. The van der Waals surface area contributed by atoms with Gasteiger partial charge in [0.15, 0.2) is 0 Å². The first-order valence-corrected chi connectivity index (χ1v) is 8.03. The number of imide groups is 1. The predicted molar refractivity (Wildman–Crippen MR) is 87.4 cm³/mol. The minimum Gasteiger partial charge on any atom is -0.354 e. The molecule has 0 atom stereocenters. The largest absolute Gasteiger partial charge is 0.354 e. The summed E-state index contributed by atoms with van der Waals surface area (Å²) in [5.41, 5.74) is 0.753. The molecule has 0 aromatic heterocycles. The summed E-state index contributed by atoms with van der Waals surface area (Å²) in [6.07, 6.45) is 1.28. The van der Waals surface area contributed by atoms with Crippen LogP contribution in [0.2, 0.25) is 0 Å². The lowest BCUT2D eigenvalue weighted by molar-refractivity contribution is -0.123. The molecule has 1 aliphatic heterocycles. The molecule has 7 heteroatoms. The average molecular weight is 331 g/mol. The zero-order valence-electron chi connectivity index (χ0n) is 13.6. The molecule has 0 bridgehead atoms. The van der Waals surface area contributed by atoms with Crippen LogP contribution in [0.15, 0.2) is 24.3 Å². The van der Waals surface area contributed by atoms with E-state index in [0.29, 0.717) is 30.6 Å². The van der Waals surface area contributed by atoms with E-state index in [1.54, 1.807) is 24.3 Å². The SMILES string of the molecule is CCCC(=O)NCCNC(=O)CCN1C(=O)c2ccccc2C1=O. The van der Waals surface area contributed by atoms with Crippen molar-refractivity contribution in [3.63, 3.8) is 0 Å². The minimum atomic E-state index is -0.366. The number of hydrogen-bond acceptors (Lipinski definition) is 4. The summed E-state index contributed by atoms with van der Waals surface area (Å²) in [5.74, 6) is -1.04. The van der Waals surface area contributed by atoms with E-state index in [1.807, 2.05) is 6.92 Å². The Morgan fingerprint density at radius 2 is 1.42 bits per heavy atom. The van der Waals surface area contributed by atoms with Gasteiger partial charge in [-0.25, -0.2) is 0 Å². The van der Waals surface area contributed by atoms with Crippen LogP contribution < -0.4 is 10.6 Å². The second-order valence-electron chi connectivity index (χ2n) is 5.51. The van der Waals surface area contributed by atoms with Gasteiger partial charge in [-0.05, 0) is 18.6 Å². The highest BCUT2D eigenvalue weighted by atomic mass is 16.2. The van der Waals surface area contributed by atoms with Crippen molar-refractivity contribution in [2.45, 2.75) is 26.2 Å². The number of fused-ring (bicyclic) bond motifs is 1. The lowest BCUT2D eigenvalue weighted by Gasteiger charge is -2.13. The number of hydrogen-bond donors (Lipinski definition) is 2. The first-order valence-electron chi connectivity index (χ1n) is 8.03. The van der Waals surface area contributed by atoms with Crippen molar-refractivity contribution in [3.05, 3.63) is 35.4 Å². The number of nitrogens with one attached hydrogen (secondary N) is 2. The molecule has 0 spiro atoms. The van der Waals surface area contributed by atoms with Gasteiger partial charge in [-0.2, -0.15) is 0 Å². The molecule has 0 unspecified atom stereocenters. The Bertz CT molecular complexity index is 622. The van der Waals surface area contributed by atoms with Crippen LogP contribution >= 0.6 is 0 Å². The molecular weight excluding hydrogens is 310 g/mol. The zero-order valence-corrected chi connectivity index (χ0v) is 13.6. The van der Waals surface area contributed by atoms with E-state index in [-0.39, 0.29) is 36.6 Å². The van der Waals surface area contributed by atoms with E-state index < -0.39 is 0 Å². The molecule has 128 valence electrons. The van der Waals surface area contributed by atoms with Crippen LogP contribution in [-0.2, 0) is 9.59 Å². The summed E-state index contributed by atoms with van der Waals surface area (Å²) in [6.45, 7) is 2.63. The third-order valence-electron chi connectivity index (χ3n) is 3.69. The lowest BCUT2D eigenvalue weighted by Crippen LogP contribution is -2.37. The van der Waals surface area contributed by atoms with Gasteiger partial charge < -0.3 is 10.6 Å². The molecule has 1 aliphatic rings. The molecule has 1 aromatic rings. The summed E-state index contributed by atoms with van der Waals surface area (Å²) < 4.78 is 0. The summed E-state index contributed by atoms with van der Waals surface area (Å²) in [7, 11) is 0. The summed E-state index contributed by atoms with van der Waals surface area (Å²) in [6, 6.07) is 6.61. The van der Waals surface area contributed by atoms with Crippen LogP contribution in [0.1, 0.15) is 46.9 Å². The fraction of sp³-hybridized carbons (Fsp3) is 0.412. The van der Waals surface area contributed by atoms with Crippen molar-refractivity contribution in [3.8, 4) is 0 Å². The van der Waals surface area contributed by atoms with E-state index >= 15 is 0 Å². The lowest BCUT2D eigenvalue weighted by atomic mass is 10.1. The van der Waals surface area contributed by atoms with Crippen LogP contribution in [0.25, 0.3) is 0 Å².